The third-order valence-corrected chi connectivity index (χ3v) is 5.08. The van der Waals surface area contributed by atoms with Crippen LogP contribution in [-0.4, -0.2) is 76.5 Å². The lowest BCUT2D eigenvalue weighted by molar-refractivity contribution is -0.138. The highest BCUT2D eigenvalue weighted by Gasteiger charge is 2.32. The number of nitrogens with one attached hydrogen (secondary N) is 1. The van der Waals surface area contributed by atoms with Gasteiger partial charge in [0, 0.05) is 38.6 Å². The molecule has 1 N–H and O–H groups in total. The number of hydrogen-bond donors (Lipinski definition) is 1. The highest BCUT2D eigenvalue weighted by Crippen LogP contribution is 2.28. The largest absolute Gasteiger partial charge is 0.486 e. The van der Waals surface area contributed by atoms with Crippen molar-refractivity contribution in [3.8, 4) is 5.75 Å². The molecular formula is C20H25F3N6O4. The minimum Gasteiger partial charge on any atom is -0.486 e. The Morgan fingerprint density at radius 2 is 1.85 bits per heavy atom. The van der Waals surface area contributed by atoms with Crippen LogP contribution in [0, 0.1) is 6.92 Å². The molecule has 2 aromatic heterocycles. The third kappa shape index (κ3) is 6.63. The molecule has 0 bridgehead atoms. The van der Waals surface area contributed by atoms with Crippen molar-refractivity contribution in [1.29, 1.82) is 0 Å². The highest BCUT2D eigenvalue weighted by molar-refractivity contribution is 5.76. The second-order valence-corrected chi connectivity index (χ2v) is 7.58. The SMILES string of the molecule is Cc1c(O[C@H](C)COCCC(=O)N2CCN(c3ncc(C(F)(F)F)cn3)CC2)cn[nH]c1=O. The lowest BCUT2D eigenvalue weighted by Crippen LogP contribution is -2.49. The highest BCUT2D eigenvalue weighted by atomic mass is 19.4. The summed E-state index contributed by atoms with van der Waals surface area (Å²) in [7, 11) is 0. The molecule has 0 aromatic carbocycles. The van der Waals surface area contributed by atoms with Gasteiger partial charge in [-0.2, -0.15) is 18.3 Å². The van der Waals surface area contributed by atoms with E-state index in [1.807, 2.05) is 0 Å². The first kappa shape index (κ1) is 24.4. The second kappa shape index (κ2) is 10.6. The van der Waals surface area contributed by atoms with Crippen LogP contribution in [0.25, 0.3) is 0 Å². The predicted octanol–water partition coefficient (Wildman–Crippen LogP) is 1.41. The molecule has 33 heavy (non-hydrogen) atoms. The fraction of sp³-hybridized carbons (Fsp3) is 0.550. The summed E-state index contributed by atoms with van der Waals surface area (Å²) in [5.41, 5.74) is -0.798. The molecule has 0 saturated carbocycles. The molecule has 3 heterocycles. The van der Waals surface area contributed by atoms with E-state index in [9.17, 15) is 22.8 Å². The molecule has 180 valence electrons. The molecule has 1 atom stereocenters. The van der Waals surface area contributed by atoms with E-state index in [0.29, 0.717) is 37.5 Å². The Morgan fingerprint density at radius 1 is 1.18 bits per heavy atom. The molecule has 0 aliphatic carbocycles. The Bertz CT molecular complexity index is 991. The predicted molar refractivity (Wildman–Crippen MR) is 111 cm³/mol. The monoisotopic (exact) mass is 470 g/mol. The van der Waals surface area contributed by atoms with Gasteiger partial charge in [-0.1, -0.05) is 0 Å². The van der Waals surface area contributed by atoms with Crippen molar-refractivity contribution in [2.24, 2.45) is 0 Å². The van der Waals surface area contributed by atoms with E-state index in [2.05, 4.69) is 20.2 Å². The summed E-state index contributed by atoms with van der Waals surface area (Å²) in [6, 6.07) is 0. The van der Waals surface area contributed by atoms with Gasteiger partial charge in [-0.25, -0.2) is 15.1 Å². The van der Waals surface area contributed by atoms with E-state index in [1.165, 1.54) is 6.20 Å². The molecule has 1 aliphatic rings. The molecule has 1 fully saturated rings. The summed E-state index contributed by atoms with van der Waals surface area (Å²) >= 11 is 0. The zero-order valence-corrected chi connectivity index (χ0v) is 18.3. The summed E-state index contributed by atoms with van der Waals surface area (Å²) in [6.45, 7) is 5.53. The first-order valence-electron chi connectivity index (χ1n) is 10.4. The van der Waals surface area contributed by atoms with Gasteiger partial charge in [0.25, 0.3) is 5.56 Å². The normalized spacial score (nSPS) is 15.4. The van der Waals surface area contributed by atoms with Crippen LogP contribution in [-0.2, 0) is 15.7 Å². The topological polar surface area (TPSA) is 114 Å². The van der Waals surface area contributed by atoms with Crippen LogP contribution in [0.4, 0.5) is 19.1 Å². The van der Waals surface area contributed by atoms with Crippen molar-refractivity contribution < 1.29 is 27.4 Å². The first-order valence-corrected chi connectivity index (χ1v) is 10.4. The molecule has 1 saturated heterocycles. The van der Waals surface area contributed by atoms with Crippen molar-refractivity contribution >= 4 is 11.9 Å². The number of carbonyl (C=O) groups excluding carboxylic acids is 1. The van der Waals surface area contributed by atoms with Gasteiger partial charge in [-0.15, -0.1) is 0 Å². The Hall–Kier alpha value is -3.22. The number of hydrogen-bond acceptors (Lipinski definition) is 8. The van der Waals surface area contributed by atoms with Gasteiger partial charge in [-0.05, 0) is 13.8 Å². The molecule has 10 nitrogen and oxygen atoms in total. The minimum atomic E-state index is -4.48. The summed E-state index contributed by atoms with van der Waals surface area (Å²) in [5.74, 6) is 0.505. The third-order valence-electron chi connectivity index (χ3n) is 5.08. The molecular weight excluding hydrogens is 445 g/mol. The van der Waals surface area contributed by atoms with Gasteiger partial charge < -0.3 is 19.3 Å². The molecule has 1 aliphatic heterocycles. The van der Waals surface area contributed by atoms with Crippen molar-refractivity contribution in [2.45, 2.75) is 32.5 Å². The number of ether oxygens (including phenoxy) is 2. The number of anilines is 1. The van der Waals surface area contributed by atoms with E-state index < -0.39 is 11.7 Å². The van der Waals surface area contributed by atoms with E-state index in [4.69, 9.17) is 9.47 Å². The number of piperazine rings is 1. The number of aromatic nitrogens is 4. The average Bonchev–Trinajstić information content (AvgIpc) is 2.79. The number of H-pyrrole nitrogens is 1. The number of amides is 1. The van der Waals surface area contributed by atoms with Gasteiger partial charge in [0.15, 0.2) is 0 Å². The fourth-order valence-electron chi connectivity index (χ4n) is 3.17. The number of aromatic amines is 1. The van der Waals surface area contributed by atoms with E-state index in [0.717, 1.165) is 12.4 Å². The van der Waals surface area contributed by atoms with E-state index in [-0.39, 0.29) is 43.2 Å². The number of rotatable bonds is 8. The lowest BCUT2D eigenvalue weighted by atomic mass is 10.3. The van der Waals surface area contributed by atoms with Gasteiger partial charge in [0.1, 0.15) is 11.9 Å². The number of halogens is 3. The van der Waals surface area contributed by atoms with Crippen molar-refractivity contribution in [3.63, 3.8) is 0 Å². The quantitative estimate of drug-likeness (QED) is 0.577. The zero-order chi connectivity index (χ0) is 24.0. The molecule has 0 radical (unpaired) electrons. The van der Waals surface area contributed by atoms with Gasteiger partial charge in [-0.3, -0.25) is 9.59 Å². The maximum Gasteiger partial charge on any atom is 0.419 e. The average molecular weight is 470 g/mol. The van der Waals surface area contributed by atoms with Gasteiger partial charge in [0.05, 0.1) is 37.0 Å². The number of carbonyl (C=O) groups is 1. The summed E-state index contributed by atoms with van der Waals surface area (Å²) in [6.07, 6.45) is -1.69. The number of nitrogens with zero attached hydrogens (tertiary/aromatic N) is 5. The Kier molecular flexibility index (Phi) is 7.84. The molecule has 0 unspecified atom stereocenters. The first-order chi connectivity index (χ1) is 15.6. The fourth-order valence-corrected chi connectivity index (χ4v) is 3.17. The van der Waals surface area contributed by atoms with Crippen molar-refractivity contribution in [2.75, 3.05) is 44.3 Å². The maximum absolute atomic E-state index is 12.6. The smallest absolute Gasteiger partial charge is 0.419 e. The summed E-state index contributed by atoms with van der Waals surface area (Å²) < 4.78 is 49.1. The molecule has 13 heteroatoms. The zero-order valence-electron chi connectivity index (χ0n) is 18.3. The van der Waals surface area contributed by atoms with E-state index in [1.54, 1.807) is 23.6 Å². The van der Waals surface area contributed by atoms with Crippen LogP contribution in [0.2, 0.25) is 0 Å². The van der Waals surface area contributed by atoms with E-state index >= 15 is 0 Å². The van der Waals surface area contributed by atoms with Crippen molar-refractivity contribution in [1.82, 2.24) is 25.1 Å². The Labute approximate surface area is 187 Å². The van der Waals surface area contributed by atoms with Crippen LogP contribution in [0.5, 0.6) is 5.75 Å². The Morgan fingerprint density at radius 3 is 2.48 bits per heavy atom. The molecule has 1 amide bonds. The summed E-state index contributed by atoms with van der Waals surface area (Å²) in [5, 5.41) is 6.02. The van der Waals surface area contributed by atoms with Crippen LogP contribution in [0.1, 0.15) is 24.5 Å². The molecule has 2 aromatic rings. The minimum absolute atomic E-state index is 0.0776. The molecule has 3 rings (SSSR count). The lowest BCUT2D eigenvalue weighted by Gasteiger charge is -2.34. The van der Waals surface area contributed by atoms with Crippen LogP contribution in [0.15, 0.2) is 23.4 Å². The maximum atomic E-state index is 12.6. The standard InChI is InChI=1S/C20H25F3N6O4/c1-13(33-16-11-26-27-18(31)14(16)2)12-32-8-3-17(30)28-4-6-29(7-5-28)19-24-9-15(10-25-19)20(21,22)23/h9-11,13H,3-8,12H2,1-2H3,(H,27,31)/t13-/m1/s1. The second-order valence-electron chi connectivity index (χ2n) is 7.58. The number of alkyl halides is 3. The van der Waals surface area contributed by atoms with Crippen molar-refractivity contribution in [3.05, 3.63) is 40.1 Å². The van der Waals surface area contributed by atoms with Crippen LogP contribution in [0.3, 0.4) is 0 Å². The molecule has 0 spiro atoms. The van der Waals surface area contributed by atoms with Gasteiger partial charge >= 0.3 is 6.18 Å². The van der Waals surface area contributed by atoms with Crippen LogP contribution < -0.4 is 15.2 Å². The van der Waals surface area contributed by atoms with Crippen LogP contribution >= 0.6 is 0 Å². The summed E-state index contributed by atoms with van der Waals surface area (Å²) in [4.78, 5) is 34.9. The Balaban J connectivity index is 1.36. The van der Waals surface area contributed by atoms with Gasteiger partial charge in [0.2, 0.25) is 11.9 Å².